The number of H-pyrrole nitrogens is 1. The molecule has 0 saturated heterocycles. The third-order valence-electron chi connectivity index (χ3n) is 6.85. The van der Waals surface area contributed by atoms with Gasteiger partial charge < -0.3 is 31.8 Å². The number of amides is 3. The lowest BCUT2D eigenvalue weighted by Gasteiger charge is -2.26. The van der Waals surface area contributed by atoms with E-state index >= 15 is 0 Å². The summed E-state index contributed by atoms with van der Waals surface area (Å²) in [7, 11) is 0. The molecule has 0 aliphatic carbocycles. The molecular weight excluding hydrogens is 542 g/mol. The van der Waals surface area contributed by atoms with Crippen LogP contribution in [0.4, 0.5) is 0 Å². The van der Waals surface area contributed by atoms with E-state index in [1.54, 1.807) is 31.8 Å². The first-order valence-corrected chi connectivity index (χ1v) is 15.0. The van der Waals surface area contributed by atoms with E-state index in [-0.39, 0.29) is 18.8 Å². The molecule has 1 aromatic heterocycles. The minimum absolute atomic E-state index is 0.129. The van der Waals surface area contributed by atoms with Crippen LogP contribution >= 0.6 is 11.8 Å². The molecule has 0 spiro atoms. The van der Waals surface area contributed by atoms with Crippen LogP contribution in [-0.2, 0) is 32.0 Å². The number of nitrogens with one attached hydrogen (secondary N) is 4. The van der Waals surface area contributed by atoms with Gasteiger partial charge in [-0.2, -0.15) is 11.8 Å². The summed E-state index contributed by atoms with van der Waals surface area (Å²) in [6, 6.07) is 12.7. The number of rotatable bonds is 15. The summed E-state index contributed by atoms with van der Waals surface area (Å²) in [6.45, 7) is 3.38. The molecule has 3 aromatic rings. The number of carboxylic acids is 1. The molecule has 4 unspecified atom stereocenters. The lowest BCUT2D eigenvalue weighted by Crippen LogP contribution is -2.58. The molecule has 10 nitrogen and oxygen atoms in total. The van der Waals surface area contributed by atoms with Gasteiger partial charge >= 0.3 is 5.97 Å². The Bertz CT molecular complexity index is 1330. The van der Waals surface area contributed by atoms with E-state index in [9.17, 15) is 24.3 Å². The Morgan fingerprint density at radius 1 is 0.878 bits per heavy atom. The summed E-state index contributed by atoms with van der Waals surface area (Å²) in [5, 5.41) is 18.7. The molecule has 0 radical (unpaired) electrons. The Kier molecular flexibility index (Phi) is 11.8. The highest BCUT2D eigenvalue weighted by molar-refractivity contribution is 7.98. The van der Waals surface area contributed by atoms with Gasteiger partial charge in [0.25, 0.3) is 0 Å². The predicted octanol–water partition coefficient (Wildman–Crippen LogP) is 2.23. The van der Waals surface area contributed by atoms with Gasteiger partial charge in [-0.3, -0.25) is 14.4 Å². The van der Waals surface area contributed by atoms with Crippen molar-refractivity contribution in [1.82, 2.24) is 20.9 Å². The van der Waals surface area contributed by atoms with Crippen molar-refractivity contribution < 1.29 is 24.3 Å². The summed E-state index contributed by atoms with van der Waals surface area (Å²) < 4.78 is 0. The number of carbonyl (C=O) groups is 4. The fourth-order valence-electron chi connectivity index (χ4n) is 4.48. The number of fused-ring (bicyclic) bond motifs is 1. The van der Waals surface area contributed by atoms with Crippen LogP contribution in [0.1, 0.15) is 31.4 Å². The Morgan fingerprint density at radius 3 is 2.15 bits per heavy atom. The van der Waals surface area contributed by atoms with Gasteiger partial charge in [-0.15, -0.1) is 0 Å². The summed E-state index contributed by atoms with van der Waals surface area (Å²) in [5.41, 5.74) is 8.58. The maximum atomic E-state index is 13.8. The van der Waals surface area contributed by atoms with E-state index in [1.165, 1.54) is 0 Å². The van der Waals surface area contributed by atoms with Crippen LogP contribution < -0.4 is 21.7 Å². The van der Waals surface area contributed by atoms with E-state index in [0.29, 0.717) is 12.2 Å². The molecule has 0 saturated carbocycles. The number of carbonyl (C=O) groups excluding carboxylic acids is 3. The zero-order valence-corrected chi connectivity index (χ0v) is 24.4. The van der Waals surface area contributed by atoms with Crippen LogP contribution in [0.3, 0.4) is 0 Å². The highest BCUT2D eigenvalue weighted by Crippen LogP contribution is 2.19. The van der Waals surface area contributed by atoms with Gasteiger partial charge in [0, 0.05) is 29.9 Å². The maximum Gasteiger partial charge on any atom is 0.326 e. The van der Waals surface area contributed by atoms with Crippen LogP contribution in [0.25, 0.3) is 10.9 Å². The molecule has 0 aliphatic rings. The van der Waals surface area contributed by atoms with Crippen molar-refractivity contribution in [2.24, 2.45) is 11.7 Å². The number of hydrogen-bond acceptors (Lipinski definition) is 6. The number of benzene rings is 2. The van der Waals surface area contributed by atoms with Crippen LogP contribution in [0.2, 0.25) is 0 Å². The topological polar surface area (TPSA) is 166 Å². The smallest absolute Gasteiger partial charge is 0.326 e. The lowest BCUT2D eigenvalue weighted by atomic mass is 10.00. The van der Waals surface area contributed by atoms with Crippen molar-refractivity contribution in [1.29, 1.82) is 0 Å². The zero-order chi connectivity index (χ0) is 29.9. The average molecular weight is 582 g/mol. The molecule has 220 valence electrons. The Hall–Kier alpha value is -3.83. The molecule has 3 rings (SSSR count). The highest BCUT2D eigenvalue weighted by atomic mass is 32.2. The Morgan fingerprint density at radius 2 is 1.49 bits per heavy atom. The Labute approximate surface area is 244 Å². The van der Waals surface area contributed by atoms with E-state index < -0.39 is 47.9 Å². The average Bonchev–Trinajstić information content (AvgIpc) is 3.36. The molecule has 0 fully saturated rings. The minimum Gasteiger partial charge on any atom is -0.480 e. The normalized spacial score (nSPS) is 14.2. The van der Waals surface area contributed by atoms with Crippen LogP contribution in [-0.4, -0.2) is 70.0 Å². The number of carboxylic acid groups (broad SMARTS) is 1. The third kappa shape index (κ3) is 9.09. The molecule has 7 N–H and O–H groups in total. The van der Waals surface area contributed by atoms with Gasteiger partial charge in [0.05, 0.1) is 6.04 Å². The van der Waals surface area contributed by atoms with Crippen molar-refractivity contribution in [3.05, 3.63) is 71.9 Å². The van der Waals surface area contributed by atoms with Crippen LogP contribution in [0, 0.1) is 5.92 Å². The number of para-hydroxylation sites is 1. The van der Waals surface area contributed by atoms with Gasteiger partial charge in [0.1, 0.15) is 18.1 Å². The molecule has 3 amide bonds. The molecule has 1 heterocycles. The maximum absolute atomic E-state index is 13.8. The Balaban J connectivity index is 1.88. The SMILES string of the molecule is CSCCC(N)C(=O)NC(Cc1c[nH]c2ccccc12)C(=O)NC(Cc1ccccc1)C(=O)NC(C(=O)O)C(C)C. The summed E-state index contributed by atoms with van der Waals surface area (Å²) in [6.07, 6.45) is 4.44. The third-order valence-corrected chi connectivity index (χ3v) is 7.49. The highest BCUT2D eigenvalue weighted by Gasteiger charge is 2.32. The van der Waals surface area contributed by atoms with E-state index in [2.05, 4.69) is 20.9 Å². The lowest BCUT2D eigenvalue weighted by molar-refractivity contribution is -0.143. The van der Waals surface area contributed by atoms with Crippen molar-refractivity contribution in [3.63, 3.8) is 0 Å². The molecule has 0 aliphatic heterocycles. The molecule has 2 aromatic carbocycles. The summed E-state index contributed by atoms with van der Waals surface area (Å²) in [4.78, 5) is 55.1. The summed E-state index contributed by atoms with van der Waals surface area (Å²) in [5.74, 6) is -2.52. The van der Waals surface area contributed by atoms with Gasteiger partial charge in [-0.05, 0) is 41.5 Å². The number of thioether (sulfide) groups is 1. The minimum atomic E-state index is -1.16. The molecule has 0 bridgehead atoms. The van der Waals surface area contributed by atoms with Gasteiger partial charge in [-0.25, -0.2) is 4.79 Å². The largest absolute Gasteiger partial charge is 0.480 e. The molecule has 11 heteroatoms. The van der Waals surface area contributed by atoms with Crippen molar-refractivity contribution >= 4 is 46.4 Å². The molecular formula is C30H39N5O5S. The molecule has 4 atom stereocenters. The van der Waals surface area contributed by atoms with Gasteiger partial charge in [-0.1, -0.05) is 62.4 Å². The van der Waals surface area contributed by atoms with Crippen LogP contribution in [0.15, 0.2) is 60.8 Å². The molecule has 41 heavy (non-hydrogen) atoms. The van der Waals surface area contributed by atoms with Gasteiger partial charge in [0.15, 0.2) is 0 Å². The fourth-order valence-corrected chi connectivity index (χ4v) is 4.97. The second kappa shape index (κ2) is 15.2. The van der Waals surface area contributed by atoms with E-state index in [1.807, 2.05) is 60.9 Å². The van der Waals surface area contributed by atoms with E-state index in [4.69, 9.17) is 5.73 Å². The zero-order valence-electron chi connectivity index (χ0n) is 23.6. The number of aromatic nitrogens is 1. The first-order chi connectivity index (χ1) is 19.6. The van der Waals surface area contributed by atoms with Crippen molar-refractivity contribution in [3.8, 4) is 0 Å². The van der Waals surface area contributed by atoms with Crippen LogP contribution in [0.5, 0.6) is 0 Å². The first-order valence-electron chi connectivity index (χ1n) is 13.6. The second-order valence-electron chi connectivity index (χ2n) is 10.3. The van der Waals surface area contributed by atoms with Gasteiger partial charge in [0.2, 0.25) is 17.7 Å². The number of aliphatic carboxylic acids is 1. The first kappa shape index (κ1) is 31.7. The second-order valence-corrected chi connectivity index (χ2v) is 11.3. The fraction of sp³-hybridized carbons (Fsp3) is 0.400. The standard InChI is InChI=1S/C30H39N5O5S/c1-18(2)26(30(39)40)35-29(38)24(15-19-9-5-4-6-10-19)34-28(37)25(33-27(36)22(31)13-14-41-3)16-20-17-32-23-12-8-7-11-21(20)23/h4-12,17-18,22,24-26,32H,13-16,31H2,1-3H3,(H,33,36)(H,34,37)(H,35,38)(H,39,40). The number of aromatic amines is 1. The number of hydrogen-bond donors (Lipinski definition) is 6. The quantitative estimate of drug-likeness (QED) is 0.160. The number of nitrogens with two attached hydrogens (primary N) is 1. The van der Waals surface area contributed by atoms with E-state index in [0.717, 1.165) is 22.0 Å². The van der Waals surface area contributed by atoms with Crippen molar-refractivity contribution in [2.45, 2.75) is 57.3 Å². The predicted molar refractivity (Wildman–Crippen MR) is 161 cm³/mol. The monoisotopic (exact) mass is 581 g/mol. The summed E-state index contributed by atoms with van der Waals surface area (Å²) >= 11 is 1.57. The van der Waals surface area contributed by atoms with Crippen molar-refractivity contribution in [2.75, 3.05) is 12.0 Å².